The number of pyridine rings is 1. The minimum Gasteiger partial charge on any atom is -0.481 e. The van der Waals surface area contributed by atoms with E-state index in [1.54, 1.807) is 7.11 Å². The second kappa shape index (κ2) is 3.94. The van der Waals surface area contributed by atoms with Crippen LogP contribution in [-0.2, 0) is 0 Å². The van der Waals surface area contributed by atoms with Crippen molar-refractivity contribution in [2.45, 2.75) is 19.4 Å². The van der Waals surface area contributed by atoms with Gasteiger partial charge in [0.15, 0.2) is 0 Å². The summed E-state index contributed by atoms with van der Waals surface area (Å²) in [6.45, 7) is 5.36. The molecule has 1 fully saturated rings. The van der Waals surface area contributed by atoms with Crippen LogP contribution in [0.3, 0.4) is 0 Å². The van der Waals surface area contributed by atoms with E-state index >= 15 is 0 Å². The van der Waals surface area contributed by atoms with Gasteiger partial charge in [-0.3, -0.25) is 0 Å². The maximum absolute atomic E-state index is 10.1. The van der Waals surface area contributed by atoms with E-state index < -0.39 is 5.60 Å². The van der Waals surface area contributed by atoms with Crippen molar-refractivity contribution in [1.29, 1.82) is 0 Å². The molecule has 4 nitrogen and oxygen atoms in total. The second-order valence-corrected chi connectivity index (χ2v) is 4.65. The fourth-order valence-corrected chi connectivity index (χ4v) is 1.84. The first kappa shape index (κ1) is 11.2. The molecule has 0 amide bonds. The number of β-amino-alcohol motifs (C(OH)–C–C–N with tert-alkyl or cyclic N) is 1. The van der Waals surface area contributed by atoms with Crippen molar-refractivity contribution in [3.05, 3.63) is 18.2 Å². The third kappa shape index (κ3) is 1.85. The van der Waals surface area contributed by atoms with Crippen molar-refractivity contribution >= 4 is 5.82 Å². The number of rotatable bonds is 3. The highest BCUT2D eigenvalue weighted by molar-refractivity contribution is 5.45. The molecule has 4 heteroatoms. The van der Waals surface area contributed by atoms with Crippen molar-refractivity contribution in [2.24, 2.45) is 5.92 Å². The van der Waals surface area contributed by atoms with E-state index in [2.05, 4.69) is 9.88 Å². The summed E-state index contributed by atoms with van der Waals surface area (Å²) in [6, 6.07) is 5.66. The first-order chi connectivity index (χ1) is 7.55. The van der Waals surface area contributed by atoms with E-state index in [-0.39, 0.29) is 5.92 Å². The van der Waals surface area contributed by atoms with Gasteiger partial charge in [0.2, 0.25) is 5.88 Å². The van der Waals surface area contributed by atoms with E-state index in [4.69, 9.17) is 4.74 Å². The lowest BCUT2D eigenvalue weighted by Gasteiger charge is -2.49. The van der Waals surface area contributed by atoms with E-state index in [9.17, 15) is 5.11 Å². The van der Waals surface area contributed by atoms with Crippen molar-refractivity contribution in [3.63, 3.8) is 0 Å². The normalized spacial score (nSPS) is 18.4. The molecule has 1 aliphatic rings. The summed E-state index contributed by atoms with van der Waals surface area (Å²) < 4.78 is 5.07. The van der Waals surface area contributed by atoms with Gasteiger partial charge in [0.05, 0.1) is 20.2 Å². The van der Waals surface area contributed by atoms with Gasteiger partial charge in [0, 0.05) is 6.07 Å². The molecule has 1 N–H and O–H groups in total. The van der Waals surface area contributed by atoms with Crippen molar-refractivity contribution < 1.29 is 9.84 Å². The predicted molar refractivity (Wildman–Crippen MR) is 62.8 cm³/mol. The number of hydrogen-bond donors (Lipinski definition) is 1. The Kier molecular flexibility index (Phi) is 2.76. The van der Waals surface area contributed by atoms with Crippen LogP contribution in [0.1, 0.15) is 13.8 Å². The van der Waals surface area contributed by atoms with Gasteiger partial charge in [-0.2, -0.15) is 4.98 Å². The second-order valence-electron chi connectivity index (χ2n) is 4.65. The highest BCUT2D eigenvalue weighted by Crippen LogP contribution is 2.32. The molecule has 0 aromatic carbocycles. The smallest absolute Gasteiger partial charge is 0.214 e. The Morgan fingerprint density at radius 3 is 2.69 bits per heavy atom. The molecule has 0 radical (unpaired) electrons. The quantitative estimate of drug-likeness (QED) is 0.837. The van der Waals surface area contributed by atoms with Crippen LogP contribution in [0.25, 0.3) is 0 Å². The Bertz CT molecular complexity index is 373. The highest BCUT2D eigenvalue weighted by Gasteiger charge is 2.44. The van der Waals surface area contributed by atoms with Gasteiger partial charge in [0.1, 0.15) is 11.4 Å². The van der Waals surface area contributed by atoms with Crippen LogP contribution in [0.15, 0.2) is 18.2 Å². The van der Waals surface area contributed by atoms with Crippen molar-refractivity contribution in [1.82, 2.24) is 4.98 Å². The summed E-state index contributed by atoms with van der Waals surface area (Å²) >= 11 is 0. The maximum atomic E-state index is 10.1. The summed E-state index contributed by atoms with van der Waals surface area (Å²) in [7, 11) is 1.60. The van der Waals surface area contributed by atoms with Gasteiger partial charge >= 0.3 is 0 Å². The van der Waals surface area contributed by atoms with Crippen LogP contribution < -0.4 is 9.64 Å². The number of aliphatic hydroxyl groups is 1. The van der Waals surface area contributed by atoms with Gasteiger partial charge in [-0.15, -0.1) is 0 Å². The zero-order valence-corrected chi connectivity index (χ0v) is 9.97. The van der Waals surface area contributed by atoms with Crippen LogP contribution in [0.5, 0.6) is 5.88 Å². The first-order valence-electron chi connectivity index (χ1n) is 5.53. The van der Waals surface area contributed by atoms with Crippen LogP contribution in [0.4, 0.5) is 5.82 Å². The lowest BCUT2D eigenvalue weighted by molar-refractivity contribution is -0.0304. The molecule has 88 valence electrons. The Balaban J connectivity index is 2.06. The third-order valence-electron chi connectivity index (χ3n) is 3.25. The summed E-state index contributed by atoms with van der Waals surface area (Å²) in [5, 5.41) is 10.1. The van der Waals surface area contributed by atoms with Gasteiger partial charge in [0.25, 0.3) is 0 Å². The summed E-state index contributed by atoms with van der Waals surface area (Å²) in [6.07, 6.45) is 0. The molecule has 1 aromatic heterocycles. The molecule has 1 aliphatic heterocycles. The SMILES string of the molecule is COc1cccc(N2CC(O)(C(C)C)C2)n1. The molecule has 1 saturated heterocycles. The molecule has 0 aliphatic carbocycles. The third-order valence-corrected chi connectivity index (χ3v) is 3.25. The summed E-state index contributed by atoms with van der Waals surface area (Å²) in [5.41, 5.74) is -0.565. The Morgan fingerprint density at radius 1 is 1.44 bits per heavy atom. The van der Waals surface area contributed by atoms with E-state index in [0.717, 1.165) is 5.82 Å². The standard InChI is InChI=1S/C12H18N2O2/c1-9(2)12(15)7-14(8-12)10-5-4-6-11(13-10)16-3/h4-6,9,15H,7-8H2,1-3H3. The fourth-order valence-electron chi connectivity index (χ4n) is 1.84. The number of ether oxygens (including phenoxy) is 1. The largest absolute Gasteiger partial charge is 0.481 e. The monoisotopic (exact) mass is 222 g/mol. The van der Waals surface area contributed by atoms with E-state index in [1.165, 1.54) is 0 Å². The Labute approximate surface area is 95.9 Å². The molecule has 16 heavy (non-hydrogen) atoms. The molecule has 0 saturated carbocycles. The molecular weight excluding hydrogens is 204 g/mol. The number of hydrogen-bond acceptors (Lipinski definition) is 4. The topological polar surface area (TPSA) is 45.6 Å². The molecule has 0 bridgehead atoms. The minimum absolute atomic E-state index is 0.273. The van der Waals surface area contributed by atoms with Crippen molar-refractivity contribution in [2.75, 3.05) is 25.1 Å². The molecular formula is C12H18N2O2. The summed E-state index contributed by atoms with van der Waals surface area (Å²) in [5.74, 6) is 1.75. The minimum atomic E-state index is -0.565. The molecule has 0 unspecified atom stereocenters. The number of nitrogens with zero attached hydrogens (tertiary/aromatic N) is 2. The number of aromatic nitrogens is 1. The van der Waals surface area contributed by atoms with Crippen LogP contribution in [-0.4, -0.2) is 35.9 Å². The number of anilines is 1. The molecule has 1 aromatic rings. The zero-order valence-electron chi connectivity index (χ0n) is 9.97. The van der Waals surface area contributed by atoms with Crippen LogP contribution in [0, 0.1) is 5.92 Å². The maximum Gasteiger partial charge on any atom is 0.214 e. The lowest BCUT2D eigenvalue weighted by Crippen LogP contribution is -2.65. The molecule has 2 heterocycles. The van der Waals surface area contributed by atoms with Gasteiger partial charge in [-0.25, -0.2) is 0 Å². The van der Waals surface area contributed by atoms with E-state index in [0.29, 0.717) is 19.0 Å². The molecule has 0 atom stereocenters. The average molecular weight is 222 g/mol. The zero-order chi connectivity index (χ0) is 11.8. The predicted octanol–water partition coefficient (Wildman–Crippen LogP) is 1.30. The van der Waals surface area contributed by atoms with Gasteiger partial charge in [-0.1, -0.05) is 19.9 Å². The van der Waals surface area contributed by atoms with Crippen molar-refractivity contribution in [3.8, 4) is 5.88 Å². The van der Waals surface area contributed by atoms with Gasteiger partial charge < -0.3 is 14.7 Å². The van der Waals surface area contributed by atoms with Gasteiger partial charge in [-0.05, 0) is 12.0 Å². The lowest BCUT2D eigenvalue weighted by atomic mass is 9.83. The van der Waals surface area contributed by atoms with Crippen LogP contribution >= 0.6 is 0 Å². The average Bonchev–Trinajstić information content (AvgIpc) is 2.24. The fraction of sp³-hybridized carbons (Fsp3) is 0.583. The Hall–Kier alpha value is -1.29. The molecule has 0 spiro atoms. The molecule has 2 rings (SSSR count). The number of methoxy groups -OCH3 is 1. The summed E-state index contributed by atoms with van der Waals surface area (Å²) in [4.78, 5) is 6.39. The first-order valence-corrected chi connectivity index (χ1v) is 5.53. The highest BCUT2D eigenvalue weighted by atomic mass is 16.5. The van der Waals surface area contributed by atoms with Crippen LogP contribution in [0.2, 0.25) is 0 Å². The Morgan fingerprint density at radius 2 is 2.12 bits per heavy atom. The van der Waals surface area contributed by atoms with E-state index in [1.807, 2.05) is 32.0 Å².